The Morgan fingerprint density at radius 1 is 1.02 bits per heavy atom. The van der Waals surface area contributed by atoms with Crippen molar-refractivity contribution in [3.8, 4) is 5.75 Å². The Morgan fingerprint density at radius 3 is 2.37 bits per heavy atom. The highest BCUT2D eigenvalue weighted by atomic mass is 16.5. The minimum absolute atomic E-state index is 0.0213. The Morgan fingerprint density at radius 2 is 1.74 bits per heavy atom. The third-order valence-corrected chi connectivity index (χ3v) is 8.56. The molecule has 238 valence electrons. The lowest BCUT2D eigenvalue weighted by Crippen LogP contribution is -2.30. The van der Waals surface area contributed by atoms with Crippen LogP contribution in [0, 0.1) is 23.7 Å². The van der Waals surface area contributed by atoms with Gasteiger partial charge in [0, 0.05) is 57.7 Å². The highest BCUT2D eigenvalue weighted by Gasteiger charge is 2.39. The Labute approximate surface area is 258 Å². The van der Waals surface area contributed by atoms with E-state index in [4.69, 9.17) is 14.2 Å². The highest BCUT2D eigenvalue weighted by Crippen LogP contribution is 2.36. The van der Waals surface area contributed by atoms with Crippen molar-refractivity contribution in [1.29, 1.82) is 0 Å². The van der Waals surface area contributed by atoms with Gasteiger partial charge < -0.3 is 14.2 Å². The van der Waals surface area contributed by atoms with E-state index in [9.17, 15) is 19.2 Å². The van der Waals surface area contributed by atoms with Gasteiger partial charge in [0.15, 0.2) is 0 Å². The molecule has 0 heterocycles. The Hall–Kier alpha value is -3.06. The first-order valence-electron chi connectivity index (χ1n) is 15.9. The van der Waals surface area contributed by atoms with Crippen LogP contribution in [0.15, 0.2) is 31.4 Å². The van der Waals surface area contributed by atoms with Crippen LogP contribution in [-0.4, -0.2) is 50.8 Å². The first-order chi connectivity index (χ1) is 20.7. The van der Waals surface area contributed by atoms with Crippen molar-refractivity contribution in [3.05, 3.63) is 42.5 Å². The second-order valence-electron chi connectivity index (χ2n) is 11.8. The first kappa shape index (κ1) is 36.1. The number of methoxy groups -OCH3 is 2. The Kier molecular flexibility index (Phi) is 16.2. The summed E-state index contributed by atoms with van der Waals surface area (Å²) in [7, 11) is 3.23. The molecule has 0 bridgehead atoms. The van der Waals surface area contributed by atoms with E-state index in [-0.39, 0.29) is 61.0 Å². The van der Waals surface area contributed by atoms with Crippen molar-refractivity contribution in [2.45, 2.75) is 90.9 Å². The third-order valence-electron chi connectivity index (χ3n) is 8.56. The molecule has 43 heavy (non-hydrogen) atoms. The molecule has 1 aromatic carbocycles. The molecule has 0 saturated heterocycles. The van der Waals surface area contributed by atoms with Crippen molar-refractivity contribution in [3.63, 3.8) is 0 Å². The number of esters is 1. The normalized spacial score (nSPS) is 19.4. The number of ketones is 3. The molecule has 0 aromatic heterocycles. The minimum atomic E-state index is -0.617. The number of benzene rings is 1. The van der Waals surface area contributed by atoms with Crippen molar-refractivity contribution in [2.75, 3.05) is 27.4 Å². The van der Waals surface area contributed by atoms with Crippen molar-refractivity contribution >= 4 is 35.0 Å². The quantitative estimate of drug-likeness (QED) is 0.0876. The van der Waals surface area contributed by atoms with E-state index in [1.165, 1.54) is 0 Å². The molecule has 0 radical (unpaired) electrons. The van der Waals surface area contributed by atoms with Crippen molar-refractivity contribution < 1.29 is 33.4 Å². The van der Waals surface area contributed by atoms with Crippen LogP contribution in [0.5, 0.6) is 5.75 Å². The standard InChI is InChI=1S/C36H52O7/c1-7-10-12-26-20-34(38)31(13-11-18-41-5)33(35(39)21-26)23-29(37)19-27(22-36(40)43-9-3)15-14-25(4)32-24-30(42-6)17-16-28(32)8-2/h8,16-17,24,26-27,31,33H,2,4,7,9-15,18-23H2,1,3,5-6H3. The number of ether oxygens (including phenoxy) is 3. The molecule has 1 fully saturated rings. The zero-order chi connectivity index (χ0) is 31.8. The van der Waals surface area contributed by atoms with Gasteiger partial charge in [-0.25, -0.2) is 0 Å². The van der Waals surface area contributed by atoms with Crippen LogP contribution < -0.4 is 4.74 Å². The number of unbranched alkanes of at least 4 members (excludes halogenated alkanes) is 1. The molecule has 0 aliphatic heterocycles. The molecular weight excluding hydrogens is 544 g/mol. The summed E-state index contributed by atoms with van der Waals surface area (Å²) >= 11 is 0. The first-order valence-corrected chi connectivity index (χ1v) is 15.9. The maximum atomic E-state index is 13.6. The molecule has 4 atom stereocenters. The van der Waals surface area contributed by atoms with Crippen LogP contribution in [0.1, 0.15) is 102 Å². The molecule has 0 spiro atoms. The summed E-state index contributed by atoms with van der Waals surface area (Å²) in [6.07, 6.45) is 7.94. The van der Waals surface area contributed by atoms with E-state index in [0.717, 1.165) is 36.0 Å². The van der Waals surface area contributed by atoms with Crippen LogP contribution >= 0.6 is 0 Å². The van der Waals surface area contributed by atoms with Gasteiger partial charge in [0.25, 0.3) is 0 Å². The molecule has 1 saturated carbocycles. The van der Waals surface area contributed by atoms with Crippen LogP contribution in [0.3, 0.4) is 0 Å². The van der Waals surface area contributed by atoms with Gasteiger partial charge in [-0.2, -0.15) is 0 Å². The lowest BCUT2D eigenvalue weighted by Gasteiger charge is -2.23. The lowest BCUT2D eigenvalue weighted by atomic mass is 9.78. The molecule has 1 aliphatic rings. The van der Waals surface area contributed by atoms with Crippen LogP contribution in [0.25, 0.3) is 11.6 Å². The predicted octanol–water partition coefficient (Wildman–Crippen LogP) is 7.45. The van der Waals surface area contributed by atoms with Crippen LogP contribution in [-0.2, 0) is 28.7 Å². The SMILES string of the molecule is C=Cc1ccc(OC)cc1C(=C)CCC(CC(=O)CC1C(=O)CC(CCCC)CC(=O)C1CCCOC)CC(=O)OCC. The Bertz CT molecular complexity index is 1100. The largest absolute Gasteiger partial charge is 0.497 e. The molecule has 0 N–H and O–H groups in total. The zero-order valence-corrected chi connectivity index (χ0v) is 26.8. The average molecular weight is 597 g/mol. The molecular formula is C36H52O7. The predicted molar refractivity (Wildman–Crippen MR) is 171 cm³/mol. The molecule has 1 aliphatic carbocycles. The van der Waals surface area contributed by atoms with Gasteiger partial charge in [0.1, 0.15) is 23.1 Å². The van der Waals surface area contributed by atoms with Gasteiger partial charge in [-0.15, -0.1) is 0 Å². The van der Waals surface area contributed by atoms with Gasteiger partial charge in [0.2, 0.25) is 0 Å². The van der Waals surface area contributed by atoms with Gasteiger partial charge >= 0.3 is 5.97 Å². The fourth-order valence-corrected chi connectivity index (χ4v) is 6.20. The summed E-state index contributed by atoms with van der Waals surface area (Å²) in [5.41, 5.74) is 2.70. The molecule has 7 nitrogen and oxygen atoms in total. The van der Waals surface area contributed by atoms with Crippen molar-refractivity contribution in [2.24, 2.45) is 23.7 Å². The molecule has 2 rings (SSSR count). The number of carbonyl (C=O) groups excluding carboxylic acids is 4. The average Bonchev–Trinajstić information content (AvgIpc) is 3.09. The monoisotopic (exact) mass is 596 g/mol. The molecule has 0 amide bonds. The number of rotatable bonds is 20. The minimum Gasteiger partial charge on any atom is -0.497 e. The van der Waals surface area contributed by atoms with E-state index in [2.05, 4.69) is 20.1 Å². The molecule has 4 unspecified atom stereocenters. The maximum Gasteiger partial charge on any atom is 0.306 e. The number of hydrogen-bond donors (Lipinski definition) is 0. The van der Waals surface area contributed by atoms with E-state index < -0.39 is 11.8 Å². The number of carbonyl (C=O) groups is 4. The van der Waals surface area contributed by atoms with Crippen LogP contribution in [0.4, 0.5) is 0 Å². The Balaban J connectivity index is 2.20. The summed E-state index contributed by atoms with van der Waals surface area (Å²) in [5, 5.41) is 0. The summed E-state index contributed by atoms with van der Waals surface area (Å²) < 4.78 is 15.8. The summed E-state index contributed by atoms with van der Waals surface area (Å²) in [5.74, 6) is -0.935. The number of hydrogen-bond acceptors (Lipinski definition) is 7. The number of Topliss-reactive ketones (excluding diaryl/α,β-unsaturated/α-hetero) is 3. The van der Waals surface area contributed by atoms with Gasteiger partial charge in [0.05, 0.1) is 13.7 Å². The summed E-state index contributed by atoms with van der Waals surface area (Å²) in [6, 6.07) is 5.70. The topological polar surface area (TPSA) is 96.0 Å². The molecule has 1 aromatic rings. The second kappa shape index (κ2) is 19.3. The number of allylic oxidation sites excluding steroid dienone is 1. The maximum absolute atomic E-state index is 13.6. The molecule has 7 heteroatoms. The fraction of sp³-hybridized carbons (Fsp3) is 0.611. The highest BCUT2D eigenvalue weighted by molar-refractivity contribution is 5.95. The van der Waals surface area contributed by atoms with E-state index >= 15 is 0 Å². The van der Waals surface area contributed by atoms with E-state index in [0.29, 0.717) is 50.9 Å². The fourth-order valence-electron chi connectivity index (χ4n) is 6.20. The summed E-state index contributed by atoms with van der Waals surface area (Å²) in [6.45, 7) is 12.8. The third kappa shape index (κ3) is 11.9. The van der Waals surface area contributed by atoms with Gasteiger partial charge in [-0.05, 0) is 79.7 Å². The van der Waals surface area contributed by atoms with E-state index in [1.807, 2.05) is 18.2 Å². The summed E-state index contributed by atoms with van der Waals surface area (Å²) in [4.78, 5) is 52.9. The van der Waals surface area contributed by atoms with E-state index in [1.54, 1.807) is 27.2 Å². The zero-order valence-electron chi connectivity index (χ0n) is 26.8. The van der Waals surface area contributed by atoms with Gasteiger partial charge in [-0.3, -0.25) is 19.2 Å². The van der Waals surface area contributed by atoms with Crippen LogP contribution in [0.2, 0.25) is 0 Å². The van der Waals surface area contributed by atoms with Crippen molar-refractivity contribution in [1.82, 2.24) is 0 Å². The lowest BCUT2D eigenvalue weighted by molar-refractivity contribution is -0.144. The van der Waals surface area contributed by atoms with Gasteiger partial charge in [-0.1, -0.05) is 45.1 Å². The second-order valence-corrected chi connectivity index (χ2v) is 11.8. The smallest absolute Gasteiger partial charge is 0.306 e.